The Kier molecular flexibility index (Phi) is 8.82. The molecular weight excluding hydrogens is 473 g/mol. The van der Waals surface area contributed by atoms with Crippen LogP contribution >= 0.6 is 0 Å². The lowest BCUT2D eigenvalue weighted by atomic mass is 10.1. The van der Waals surface area contributed by atoms with E-state index in [1.54, 1.807) is 31.4 Å². The molecule has 188 valence electrons. The van der Waals surface area contributed by atoms with Crippen LogP contribution in [0, 0.1) is 5.82 Å². The number of hydrogen-bond donors (Lipinski definition) is 1. The molecule has 0 unspecified atom stereocenters. The van der Waals surface area contributed by atoms with Gasteiger partial charge in [0.15, 0.2) is 42.1 Å². The number of carbonyl (C=O) groups excluding carboxylic acids is 3. The molecule has 3 rings (SSSR count). The second-order valence-electron chi connectivity index (χ2n) is 7.28. The molecule has 0 saturated carbocycles. The molecule has 10 heteroatoms. The highest BCUT2D eigenvalue weighted by Gasteiger charge is 2.17. The summed E-state index contributed by atoms with van der Waals surface area (Å²) in [6.07, 6.45) is 0. The summed E-state index contributed by atoms with van der Waals surface area (Å²) in [6, 6.07) is 14.7. The quantitative estimate of drug-likeness (QED) is 0.314. The highest BCUT2D eigenvalue weighted by Crippen LogP contribution is 2.28. The standard InChI is InChI=1S/C26H24FNO8/c1-32-19-8-6-18(7-9-19)28-25(30)15-35-23-11-5-17(13-24(23)34-3)26(31)36-14-21(29)16-4-10-22(33-2)20(27)12-16/h4-13H,14-15H2,1-3H3,(H,28,30). The van der Waals surface area contributed by atoms with Crippen LogP contribution in [0.2, 0.25) is 0 Å². The number of Topliss-reactive ketones (excluding diaryl/α,β-unsaturated/α-hetero) is 1. The predicted octanol–water partition coefficient (Wildman–Crippen LogP) is 3.91. The molecule has 0 aliphatic heterocycles. The first-order valence-corrected chi connectivity index (χ1v) is 10.6. The van der Waals surface area contributed by atoms with E-state index in [4.69, 9.17) is 23.7 Å². The van der Waals surface area contributed by atoms with Crippen LogP contribution in [0.15, 0.2) is 60.7 Å². The Morgan fingerprint density at radius 1 is 0.750 bits per heavy atom. The summed E-state index contributed by atoms with van der Waals surface area (Å²) in [4.78, 5) is 36.8. The summed E-state index contributed by atoms with van der Waals surface area (Å²) in [5, 5.41) is 2.68. The Labute approximate surface area is 206 Å². The van der Waals surface area contributed by atoms with Gasteiger partial charge in [0.05, 0.1) is 26.9 Å². The lowest BCUT2D eigenvalue weighted by molar-refractivity contribution is -0.118. The van der Waals surface area contributed by atoms with Crippen molar-refractivity contribution in [2.75, 3.05) is 39.9 Å². The minimum atomic E-state index is -0.792. The fourth-order valence-corrected chi connectivity index (χ4v) is 3.07. The first kappa shape index (κ1) is 26.0. The van der Waals surface area contributed by atoms with Gasteiger partial charge in [-0.15, -0.1) is 0 Å². The number of halogens is 1. The molecule has 9 nitrogen and oxygen atoms in total. The number of nitrogens with one attached hydrogen (secondary N) is 1. The number of hydrogen-bond acceptors (Lipinski definition) is 8. The average molecular weight is 497 g/mol. The van der Waals surface area contributed by atoms with Crippen LogP contribution in [0.5, 0.6) is 23.0 Å². The van der Waals surface area contributed by atoms with Crippen molar-refractivity contribution < 1.29 is 42.5 Å². The number of esters is 1. The number of benzene rings is 3. The summed E-state index contributed by atoms with van der Waals surface area (Å²) in [7, 11) is 4.23. The maximum atomic E-state index is 13.8. The van der Waals surface area contributed by atoms with Crippen molar-refractivity contribution in [2.24, 2.45) is 0 Å². The van der Waals surface area contributed by atoms with E-state index >= 15 is 0 Å². The van der Waals surface area contributed by atoms with Crippen LogP contribution in [0.25, 0.3) is 0 Å². The minimum absolute atomic E-state index is 0.00355. The van der Waals surface area contributed by atoms with Crippen molar-refractivity contribution in [1.82, 2.24) is 0 Å². The van der Waals surface area contributed by atoms with Gasteiger partial charge in [0, 0.05) is 11.3 Å². The van der Waals surface area contributed by atoms with Crippen molar-refractivity contribution in [2.45, 2.75) is 0 Å². The molecule has 0 bridgehead atoms. The molecule has 0 aromatic heterocycles. The van der Waals surface area contributed by atoms with Gasteiger partial charge in [-0.05, 0) is 60.7 Å². The van der Waals surface area contributed by atoms with Crippen LogP contribution in [0.1, 0.15) is 20.7 Å². The van der Waals surface area contributed by atoms with Crippen molar-refractivity contribution in [3.63, 3.8) is 0 Å². The van der Waals surface area contributed by atoms with Gasteiger partial charge in [0.2, 0.25) is 0 Å². The Morgan fingerprint density at radius 2 is 1.42 bits per heavy atom. The van der Waals surface area contributed by atoms with E-state index in [0.717, 1.165) is 6.07 Å². The highest BCUT2D eigenvalue weighted by atomic mass is 19.1. The van der Waals surface area contributed by atoms with Gasteiger partial charge in [0.1, 0.15) is 5.75 Å². The summed E-state index contributed by atoms with van der Waals surface area (Å²) < 4.78 is 39.5. The molecule has 0 spiro atoms. The molecule has 36 heavy (non-hydrogen) atoms. The van der Waals surface area contributed by atoms with Crippen LogP contribution < -0.4 is 24.3 Å². The van der Waals surface area contributed by atoms with Crippen LogP contribution in [-0.4, -0.2) is 52.2 Å². The smallest absolute Gasteiger partial charge is 0.338 e. The van der Waals surface area contributed by atoms with Crippen molar-refractivity contribution in [3.8, 4) is 23.0 Å². The molecule has 0 saturated heterocycles. The zero-order valence-corrected chi connectivity index (χ0v) is 19.8. The van der Waals surface area contributed by atoms with Crippen LogP contribution in [-0.2, 0) is 9.53 Å². The normalized spacial score (nSPS) is 10.2. The number of rotatable bonds is 11. The molecule has 1 N–H and O–H groups in total. The molecule has 3 aromatic rings. The van der Waals surface area contributed by atoms with E-state index in [-0.39, 0.29) is 35.0 Å². The summed E-state index contributed by atoms with van der Waals surface area (Å²) in [6.45, 7) is -0.893. The van der Waals surface area contributed by atoms with Crippen LogP contribution in [0.3, 0.4) is 0 Å². The number of anilines is 1. The SMILES string of the molecule is COc1ccc(NC(=O)COc2ccc(C(=O)OCC(=O)c3ccc(OC)c(F)c3)cc2OC)cc1. The minimum Gasteiger partial charge on any atom is -0.497 e. The molecule has 0 aliphatic rings. The fraction of sp³-hybridized carbons (Fsp3) is 0.192. The van der Waals surface area contributed by atoms with Gasteiger partial charge in [-0.2, -0.15) is 0 Å². The molecule has 0 aliphatic carbocycles. The Morgan fingerprint density at radius 3 is 2.06 bits per heavy atom. The van der Waals surface area contributed by atoms with Gasteiger partial charge in [-0.3, -0.25) is 9.59 Å². The molecule has 0 fully saturated rings. The first-order chi connectivity index (χ1) is 17.3. The third-order valence-electron chi connectivity index (χ3n) is 4.94. The van der Waals surface area contributed by atoms with Crippen LogP contribution in [0.4, 0.5) is 10.1 Å². The van der Waals surface area contributed by atoms with Crippen molar-refractivity contribution >= 4 is 23.3 Å². The lowest BCUT2D eigenvalue weighted by Gasteiger charge is -2.12. The van der Waals surface area contributed by atoms with Gasteiger partial charge in [0.25, 0.3) is 5.91 Å². The topological polar surface area (TPSA) is 109 Å². The molecule has 1 amide bonds. The molecular formula is C26H24FNO8. The average Bonchev–Trinajstić information content (AvgIpc) is 2.90. The summed E-state index contributed by atoms with van der Waals surface area (Å²) in [5.41, 5.74) is 0.701. The zero-order valence-electron chi connectivity index (χ0n) is 19.8. The second-order valence-corrected chi connectivity index (χ2v) is 7.28. The Hall–Kier alpha value is -4.60. The lowest BCUT2D eigenvalue weighted by Crippen LogP contribution is -2.20. The van der Waals surface area contributed by atoms with Crippen molar-refractivity contribution in [1.29, 1.82) is 0 Å². The predicted molar refractivity (Wildman–Crippen MR) is 128 cm³/mol. The monoisotopic (exact) mass is 497 g/mol. The number of carbonyl (C=O) groups is 3. The highest BCUT2D eigenvalue weighted by molar-refractivity contribution is 5.99. The zero-order chi connectivity index (χ0) is 26.1. The number of methoxy groups -OCH3 is 3. The first-order valence-electron chi connectivity index (χ1n) is 10.6. The Bertz CT molecular complexity index is 1240. The molecule has 3 aromatic carbocycles. The number of ketones is 1. The maximum absolute atomic E-state index is 13.8. The van der Waals surface area contributed by atoms with E-state index in [1.165, 1.54) is 44.6 Å². The van der Waals surface area contributed by atoms with Crippen molar-refractivity contribution in [3.05, 3.63) is 77.6 Å². The largest absolute Gasteiger partial charge is 0.497 e. The third-order valence-corrected chi connectivity index (χ3v) is 4.94. The van der Waals surface area contributed by atoms with Gasteiger partial charge in [-0.25, -0.2) is 9.18 Å². The molecule has 0 radical (unpaired) electrons. The second kappa shape index (κ2) is 12.2. The number of ether oxygens (including phenoxy) is 5. The molecule has 0 atom stereocenters. The van der Waals surface area contributed by atoms with Gasteiger partial charge < -0.3 is 29.0 Å². The van der Waals surface area contributed by atoms with E-state index in [0.29, 0.717) is 11.4 Å². The molecule has 0 heterocycles. The number of amides is 1. The Balaban J connectivity index is 1.56. The van der Waals surface area contributed by atoms with Gasteiger partial charge >= 0.3 is 5.97 Å². The van der Waals surface area contributed by atoms with E-state index in [2.05, 4.69) is 5.32 Å². The summed E-state index contributed by atoms with van der Waals surface area (Å²) in [5.74, 6) is -1.41. The van der Waals surface area contributed by atoms with Gasteiger partial charge in [-0.1, -0.05) is 0 Å². The summed E-state index contributed by atoms with van der Waals surface area (Å²) >= 11 is 0. The third kappa shape index (κ3) is 6.72. The maximum Gasteiger partial charge on any atom is 0.338 e. The van der Waals surface area contributed by atoms with E-state index in [9.17, 15) is 18.8 Å². The fourth-order valence-electron chi connectivity index (χ4n) is 3.07. The van der Waals surface area contributed by atoms with E-state index in [1.807, 2.05) is 0 Å². The van der Waals surface area contributed by atoms with E-state index < -0.39 is 30.1 Å².